The number of benzene rings is 1. The molecule has 0 spiro atoms. The number of hydrogen-bond donors (Lipinski definition) is 0. The van der Waals surface area contributed by atoms with Crippen LogP contribution >= 0.6 is 11.6 Å². The molecule has 1 amide bonds. The first-order valence-electron chi connectivity index (χ1n) is 9.40. The van der Waals surface area contributed by atoms with Gasteiger partial charge in [-0.15, -0.1) is 0 Å². The molecule has 0 radical (unpaired) electrons. The number of ketones is 1. The summed E-state index contributed by atoms with van der Waals surface area (Å²) in [4.78, 5) is 32.0. The van der Waals surface area contributed by atoms with Gasteiger partial charge in [0.15, 0.2) is 5.78 Å². The Balaban J connectivity index is 1.58. The molecule has 0 bridgehead atoms. The van der Waals surface area contributed by atoms with Crippen LogP contribution in [-0.2, 0) is 14.8 Å². The number of halogens is 1. The van der Waals surface area contributed by atoms with E-state index in [-0.39, 0.29) is 23.1 Å². The number of amides is 1. The first-order valence-corrected chi connectivity index (χ1v) is 11.2. The van der Waals surface area contributed by atoms with Gasteiger partial charge in [-0.3, -0.25) is 9.59 Å². The van der Waals surface area contributed by atoms with Crippen molar-refractivity contribution in [1.29, 1.82) is 0 Å². The SMILES string of the molecule is CC(=O)c1ccc(S(=O)(=O)N(C)CC(=O)N2CCN(c3ccc(Cl)cn3)CC2)cc1. The van der Waals surface area contributed by atoms with Crippen LogP contribution in [-0.4, -0.2) is 74.1 Å². The zero-order chi connectivity index (χ0) is 21.9. The average Bonchev–Trinajstić information content (AvgIpc) is 2.74. The van der Waals surface area contributed by atoms with E-state index in [2.05, 4.69) is 9.88 Å². The van der Waals surface area contributed by atoms with Gasteiger partial charge in [0.05, 0.1) is 16.5 Å². The summed E-state index contributed by atoms with van der Waals surface area (Å²) < 4.78 is 26.5. The minimum absolute atomic E-state index is 0.0430. The van der Waals surface area contributed by atoms with Crippen molar-refractivity contribution in [3.8, 4) is 0 Å². The van der Waals surface area contributed by atoms with Crippen molar-refractivity contribution in [2.75, 3.05) is 44.7 Å². The van der Waals surface area contributed by atoms with Crippen LogP contribution in [0.3, 0.4) is 0 Å². The number of likely N-dealkylation sites (N-methyl/N-ethyl adjacent to an activating group) is 1. The molecule has 160 valence electrons. The monoisotopic (exact) mass is 450 g/mol. The lowest BCUT2D eigenvalue weighted by Gasteiger charge is -2.36. The molecule has 3 rings (SSSR count). The van der Waals surface area contributed by atoms with E-state index in [0.29, 0.717) is 36.8 Å². The molecule has 10 heteroatoms. The summed E-state index contributed by atoms with van der Waals surface area (Å²) in [6.45, 7) is 3.31. The summed E-state index contributed by atoms with van der Waals surface area (Å²) in [6, 6.07) is 9.29. The van der Waals surface area contributed by atoms with Gasteiger partial charge in [0.1, 0.15) is 5.82 Å². The van der Waals surface area contributed by atoms with Crippen LogP contribution in [0.15, 0.2) is 47.5 Å². The van der Waals surface area contributed by atoms with E-state index in [1.807, 2.05) is 6.07 Å². The van der Waals surface area contributed by atoms with Gasteiger partial charge in [0, 0.05) is 45.0 Å². The van der Waals surface area contributed by atoms with E-state index < -0.39 is 10.0 Å². The van der Waals surface area contributed by atoms with Crippen LogP contribution in [0.5, 0.6) is 0 Å². The minimum Gasteiger partial charge on any atom is -0.353 e. The van der Waals surface area contributed by atoms with Crippen molar-refractivity contribution in [1.82, 2.24) is 14.2 Å². The number of hydrogen-bond acceptors (Lipinski definition) is 6. The summed E-state index contributed by atoms with van der Waals surface area (Å²) in [5, 5.41) is 0.563. The molecule has 30 heavy (non-hydrogen) atoms. The van der Waals surface area contributed by atoms with Crippen LogP contribution in [0.4, 0.5) is 5.82 Å². The topological polar surface area (TPSA) is 90.9 Å². The molecule has 0 aliphatic carbocycles. The predicted molar refractivity (Wildman–Crippen MR) is 114 cm³/mol. The van der Waals surface area contributed by atoms with Crippen LogP contribution in [0.1, 0.15) is 17.3 Å². The van der Waals surface area contributed by atoms with E-state index >= 15 is 0 Å². The lowest BCUT2D eigenvalue weighted by atomic mass is 10.2. The Morgan fingerprint density at radius 2 is 1.70 bits per heavy atom. The molecule has 0 saturated carbocycles. The van der Waals surface area contributed by atoms with Crippen molar-refractivity contribution in [2.24, 2.45) is 0 Å². The lowest BCUT2D eigenvalue weighted by molar-refractivity contribution is -0.131. The molecule has 1 saturated heterocycles. The highest BCUT2D eigenvalue weighted by molar-refractivity contribution is 7.89. The van der Waals surface area contributed by atoms with E-state index in [4.69, 9.17) is 11.6 Å². The molecule has 2 heterocycles. The Morgan fingerprint density at radius 1 is 1.07 bits per heavy atom. The average molecular weight is 451 g/mol. The van der Waals surface area contributed by atoms with Gasteiger partial charge in [-0.2, -0.15) is 4.31 Å². The zero-order valence-corrected chi connectivity index (χ0v) is 18.4. The maximum absolute atomic E-state index is 12.7. The van der Waals surface area contributed by atoms with Crippen molar-refractivity contribution in [3.05, 3.63) is 53.2 Å². The number of nitrogens with zero attached hydrogens (tertiary/aromatic N) is 4. The van der Waals surface area contributed by atoms with Crippen molar-refractivity contribution >= 4 is 39.1 Å². The third-order valence-corrected chi connectivity index (χ3v) is 7.04. The Bertz CT molecular complexity index is 1020. The molecule has 1 aromatic carbocycles. The molecule has 0 N–H and O–H groups in total. The molecule has 8 nitrogen and oxygen atoms in total. The molecule has 2 aromatic rings. The van der Waals surface area contributed by atoms with Crippen molar-refractivity contribution in [2.45, 2.75) is 11.8 Å². The summed E-state index contributed by atoms with van der Waals surface area (Å²) in [7, 11) is -2.46. The zero-order valence-electron chi connectivity index (χ0n) is 16.8. The maximum atomic E-state index is 12.7. The Morgan fingerprint density at radius 3 is 2.23 bits per heavy atom. The minimum atomic E-state index is -3.83. The second-order valence-electron chi connectivity index (χ2n) is 7.04. The first kappa shape index (κ1) is 22.2. The van der Waals surface area contributed by atoms with E-state index in [1.54, 1.807) is 17.2 Å². The van der Waals surface area contributed by atoms with Gasteiger partial charge >= 0.3 is 0 Å². The Kier molecular flexibility index (Phi) is 6.74. The molecule has 1 aliphatic heterocycles. The van der Waals surface area contributed by atoms with Gasteiger partial charge in [0.25, 0.3) is 0 Å². The normalized spacial score (nSPS) is 14.8. The summed E-state index contributed by atoms with van der Waals surface area (Å²) in [5.74, 6) is 0.390. The van der Waals surface area contributed by atoms with Crippen LogP contribution in [0, 0.1) is 0 Å². The van der Waals surface area contributed by atoms with E-state index in [9.17, 15) is 18.0 Å². The number of anilines is 1. The van der Waals surface area contributed by atoms with Gasteiger partial charge in [-0.05, 0) is 31.2 Å². The quantitative estimate of drug-likeness (QED) is 0.624. The third-order valence-electron chi connectivity index (χ3n) is 5.00. The lowest BCUT2D eigenvalue weighted by Crippen LogP contribution is -2.51. The fourth-order valence-corrected chi connectivity index (χ4v) is 4.39. The highest BCUT2D eigenvalue weighted by atomic mass is 35.5. The number of carbonyl (C=O) groups is 2. The van der Waals surface area contributed by atoms with Crippen LogP contribution in [0.2, 0.25) is 5.02 Å². The first-order chi connectivity index (χ1) is 14.2. The Hall–Kier alpha value is -2.49. The summed E-state index contributed by atoms with van der Waals surface area (Å²) >= 11 is 5.86. The number of pyridine rings is 1. The van der Waals surface area contributed by atoms with Gasteiger partial charge in [0.2, 0.25) is 15.9 Å². The molecule has 1 aromatic heterocycles. The van der Waals surface area contributed by atoms with E-state index in [0.717, 1.165) is 10.1 Å². The number of Topliss-reactive ketones (excluding diaryl/α,β-unsaturated/α-hetero) is 1. The summed E-state index contributed by atoms with van der Waals surface area (Å²) in [5.41, 5.74) is 0.431. The standard InChI is InChI=1S/C20H23ClN4O4S/c1-15(26)16-3-6-18(7-4-16)30(28,29)23(2)14-20(27)25-11-9-24(10-12-25)19-8-5-17(21)13-22-19/h3-8,13H,9-12,14H2,1-2H3. The van der Waals surface area contributed by atoms with Crippen molar-refractivity contribution in [3.63, 3.8) is 0 Å². The Labute approximate surface area is 181 Å². The number of piperazine rings is 1. The fraction of sp³-hybridized carbons (Fsp3) is 0.350. The van der Waals surface area contributed by atoms with Gasteiger partial charge in [-0.1, -0.05) is 23.7 Å². The fourth-order valence-electron chi connectivity index (χ4n) is 3.16. The summed E-state index contributed by atoms with van der Waals surface area (Å²) in [6.07, 6.45) is 1.58. The molecular formula is C20H23ClN4O4S. The van der Waals surface area contributed by atoms with Crippen LogP contribution < -0.4 is 4.90 Å². The molecule has 0 atom stereocenters. The number of carbonyl (C=O) groups excluding carboxylic acids is 2. The molecular weight excluding hydrogens is 428 g/mol. The molecule has 0 unspecified atom stereocenters. The van der Waals surface area contributed by atoms with E-state index in [1.165, 1.54) is 38.2 Å². The molecule has 1 fully saturated rings. The van der Waals surface area contributed by atoms with Crippen molar-refractivity contribution < 1.29 is 18.0 Å². The largest absolute Gasteiger partial charge is 0.353 e. The van der Waals surface area contributed by atoms with Gasteiger partial charge in [-0.25, -0.2) is 13.4 Å². The maximum Gasteiger partial charge on any atom is 0.243 e. The number of rotatable bonds is 6. The van der Waals surface area contributed by atoms with Crippen LogP contribution in [0.25, 0.3) is 0 Å². The predicted octanol–water partition coefficient (Wildman–Crippen LogP) is 1.91. The number of sulfonamides is 1. The number of aromatic nitrogens is 1. The highest BCUT2D eigenvalue weighted by Gasteiger charge is 2.27. The smallest absolute Gasteiger partial charge is 0.243 e. The van der Waals surface area contributed by atoms with Gasteiger partial charge < -0.3 is 9.80 Å². The third kappa shape index (κ3) is 4.97. The second-order valence-corrected chi connectivity index (χ2v) is 9.53. The highest BCUT2D eigenvalue weighted by Crippen LogP contribution is 2.18. The molecule has 1 aliphatic rings. The second kappa shape index (κ2) is 9.11.